The Kier molecular flexibility index (Phi) is 12.9. The molecule has 0 bridgehead atoms. The van der Waals surface area contributed by atoms with Gasteiger partial charge in [0, 0.05) is 31.3 Å². The van der Waals surface area contributed by atoms with Crippen molar-refractivity contribution in [2.75, 3.05) is 24.8 Å². The number of nitrogens with zero attached hydrogens (tertiary/aromatic N) is 2. The van der Waals surface area contributed by atoms with Crippen LogP contribution in [0.2, 0.25) is 0 Å². The number of aliphatic carboxylic acids is 2. The largest absolute Gasteiger partial charge is 0.481 e. The van der Waals surface area contributed by atoms with Crippen LogP contribution < -0.4 is 11.5 Å². The molecule has 4 atom stereocenters. The molecule has 0 saturated heterocycles. The third kappa shape index (κ3) is 8.83. The first-order valence-electron chi connectivity index (χ1n) is 12.7. The lowest BCUT2D eigenvalue weighted by Gasteiger charge is -2.40. The highest BCUT2D eigenvalue weighted by Crippen LogP contribution is 2.42. The predicted molar refractivity (Wildman–Crippen MR) is 150 cm³/mol. The zero-order valence-corrected chi connectivity index (χ0v) is 23.6. The van der Waals surface area contributed by atoms with Crippen molar-refractivity contribution in [3.63, 3.8) is 0 Å². The molecule has 1 aromatic rings. The molecular weight excluding hydrogens is 582 g/mol. The molecule has 0 aliphatic heterocycles. The van der Waals surface area contributed by atoms with Crippen LogP contribution in [0, 0.1) is 5.41 Å². The van der Waals surface area contributed by atoms with Crippen molar-refractivity contribution < 1.29 is 38.6 Å². The summed E-state index contributed by atoms with van der Waals surface area (Å²) in [5.74, 6) is -5.53. The van der Waals surface area contributed by atoms with Crippen molar-refractivity contribution in [3.05, 3.63) is 59.6 Å². The Labute approximate surface area is 246 Å². The summed E-state index contributed by atoms with van der Waals surface area (Å²) in [5, 5.41) is 19.1. The molecule has 1 aromatic carbocycles. The van der Waals surface area contributed by atoms with E-state index >= 15 is 4.39 Å². The zero-order chi connectivity index (χ0) is 30.7. The van der Waals surface area contributed by atoms with Gasteiger partial charge >= 0.3 is 11.9 Å². The lowest BCUT2D eigenvalue weighted by molar-refractivity contribution is -0.157. The molecule has 0 heterocycles. The van der Waals surface area contributed by atoms with E-state index in [0.29, 0.717) is 0 Å². The van der Waals surface area contributed by atoms with Gasteiger partial charge in [-0.2, -0.15) is 0 Å². The lowest BCUT2D eigenvalue weighted by atomic mass is 9.69. The maximum absolute atomic E-state index is 15.2. The topological polar surface area (TPSA) is 184 Å². The van der Waals surface area contributed by atoms with Crippen LogP contribution in [-0.2, 0) is 30.4 Å². The second kappa shape index (κ2) is 15.6. The molecular formula is C27H33Cl2FN4O7. The Bertz CT molecular complexity index is 1180. The maximum atomic E-state index is 15.2. The predicted octanol–water partition coefficient (Wildman–Crippen LogP) is 1.66. The monoisotopic (exact) mass is 614 g/mol. The van der Waals surface area contributed by atoms with E-state index in [2.05, 4.69) is 0 Å². The molecule has 1 unspecified atom stereocenters. The number of ketones is 1. The van der Waals surface area contributed by atoms with Crippen LogP contribution in [0.15, 0.2) is 54.0 Å². The van der Waals surface area contributed by atoms with Crippen molar-refractivity contribution >= 4 is 53.2 Å². The highest BCUT2D eigenvalue weighted by atomic mass is 35.5. The number of carbonyl (C=O) groups is 5. The molecule has 224 valence electrons. The molecule has 6 N–H and O–H groups in total. The van der Waals surface area contributed by atoms with E-state index in [-0.39, 0.29) is 54.7 Å². The standard InChI is InChI=1S/C27H33Cl2FN4O7/c28-8-10-33(11-9-29)21-14-27(7-6-18(21)30,24(38)19(31)12-17-4-2-1-3-5-17)15-22(26(40)41)34(16-35)25(39)20(32)13-23(36)37/h1-7,16,19-20,22H,8-15,31-32H2,(H,36,37)(H,40,41)/t19-,20-,22-,27?/m0/s1. The van der Waals surface area contributed by atoms with Gasteiger partial charge in [0.2, 0.25) is 12.3 Å². The van der Waals surface area contributed by atoms with Crippen LogP contribution in [0.4, 0.5) is 4.39 Å². The molecule has 1 aliphatic carbocycles. The summed E-state index contributed by atoms with van der Waals surface area (Å²) < 4.78 is 15.2. The fourth-order valence-electron chi connectivity index (χ4n) is 4.76. The van der Waals surface area contributed by atoms with Crippen LogP contribution >= 0.6 is 23.2 Å². The van der Waals surface area contributed by atoms with Gasteiger partial charge in [-0.3, -0.25) is 24.1 Å². The van der Waals surface area contributed by atoms with Gasteiger partial charge in [-0.1, -0.05) is 36.4 Å². The summed E-state index contributed by atoms with van der Waals surface area (Å²) in [5.41, 5.74) is 10.9. The minimum Gasteiger partial charge on any atom is -0.481 e. The number of carbonyl (C=O) groups excluding carboxylic acids is 3. The number of carboxylic acids is 2. The van der Waals surface area contributed by atoms with Gasteiger partial charge in [0.25, 0.3) is 0 Å². The fourth-order valence-corrected chi connectivity index (χ4v) is 5.16. The third-order valence-corrected chi connectivity index (χ3v) is 7.12. The molecule has 0 aromatic heterocycles. The molecule has 1 aliphatic rings. The number of halogens is 3. The Balaban J connectivity index is 2.58. The van der Waals surface area contributed by atoms with E-state index in [1.165, 1.54) is 11.0 Å². The molecule has 0 saturated carbocycles. The highest BCUT2D eigenvalue weighted by molar-refractivity contribution is 6.18. The van der Waals surface area contributed by atoms with Crippen molar-refractivity contribution in [2.45, 2.75) is 43.8 Å². The van der Waals surface area contributed by atoms with Gasteiger partial charge in [0.05, 0.1) is 29.6 Å². The quantitative estimate of drug-likeness (QED) is 0.148. The smallest absolute Gasteiger partial charge is 0.326 e. The summed E-state index contributed by atoms with van der Waals surface area (Å²) in [6, 6.07) is 3.92. The molecule has 2 rings (SSSR count). The fraction of sp³-hybridized carbons (Fsp3) is 0.444. The molecule has 0 radical (unpaired) electrons. The van der Waals surface area contributed by atoms with Crippen LogP contribution in [-0.4, -0.2) is 93.0 Å². The number of rotatable bonds is 17. The van der Waals surface area contributed by atoms with E-state index in [1.807, 2.05) is 0 Å². The number of alkyl halides is 2. The van der Waals surface area contributed by atoms with Crippen LogP contribution in [0.5, 0.6) is 0 Å². The molecule has 2 amide bonds. The van der Waals surface area contributed by atoms with Crippen LogP contribution in [0.3, 0.4) is 0 Å². The summed E-state index contributed by atoms with van der Waals surface area (Å²) in [6.07, 6.45) is 0.282. The van der Waals surface area contributed by atoms with Gasteiger partial charge in [0.1, 0.15) is 11.9 Å². The van der Waals surface area contributed by atoms with Gasteiger partial charge in [-0.25, -0.2) is 9.18 Å². The van der Waals surface area contributed by atoms with Gasteiger partial charge in [-0.05, 0) is 24.5 Å². The SMILES string of the molecule is N[C@@H](CC(=O)O)C(=O)N(C=O)[C@@H](CC1(C(=O)[C@@H](N)Cc2ccccc2)C=CC(F)=C(N(CCCl)CCCl)C1)C(=O)O. The molecule has 0 spiro atoms. The maximum Gasteiger partial charge on any atom is 0.326 e. The van der Waals surface area contributed by atoms with Crippen LogP contribution in [0.1, 0.15) is 24.8 Å². The zero-order valence-electron chi connectivity index (χ0n) is 22.1. The van der Waals surface area contributed by atoms with E-state index < -0.39 is 65.8 Å². The minimum atomic E-state index is -1.96. The van der Waals surface area contributed by atoms with E-state index in [4.69, 9.17) is 39.8 Å². The number of hydrogen-bond acceptors (Lipinski definition) is 8. The Morgan fingerprint density at radius 2 is 1.66 bits per heavy atom. The summed E-state index contributed by atoms with van der Waals surface area (Å²) in [6.45, 7) is 0.327. The number of imide groups is 1. The third-order valence-electron chi connectivity index (χ3n) is 6.78. The Hall–Kier alpha value is -3.32. The molecule has 14 heteroatoms. The molecule has 41 heavy (non-hydrogen) atoms. The average molecular weight is 615 g/mol. The number of carboxylic acid groups (broad SMARTS) is 2. The second-order valence-electron chi connectivity index (χ2n) is 9.60. The van der Waals surface area contributed by atoms with E-state index in [1.54, 1.807) is 30.3 Å². The number of hydrogen-bond donors (Lipinski definition) is 4. The first kappa shape index (κ1) is 33.9. The van der Waals surface area contributed by atoms with Crippen molar-refractivity contribution in [1.29, 1.82) is 0 Å². The number of allylic oxidation sites excluding steroid dienone is 4. The summed E-state index contributed by atoms with van der Waals surface area (Å²) in [7, 11) is 0. The van der Waals surface area contributed by atoms with Gasteiger partial charge in [-0.15, -0.1) is 23.2 Å². The number of amides is 2. The highest BCUT2D eigenvalue weighted by Gasteiger charge is 2.48. The summed E-state index contributed by atoms with van der Waals surface area (Å²) >= 11 is 11.8. The van der Waals surface area contributed by atoms with E-state index in [9.17, 15) is 29.1 Å². The van der Waals surface area contributed by atoms with Crippen molar-refractivity contribution in [3.8, 4) is 0 Å². The average Bonchev–Trinajstić information content (AvgIpc) is 2.93. The number of Topliss-reactive ketones (excluding diaryl/α,β-unsaturated/α-hetero) is 1. The number of nitrogens with two attached hydrogens (primary N) is 2. The van der Waals surface area contributed by atoms with Crippen LogP contribution in [0.25, 0.3) is 0 Å². The van der Waals surface area contributed by atoms with Gasteiger partial charge in [0.15, 0.2) is 5.78 Å². The molecule has 0 fully saturated rings. The minimum absolute atomic E-state index is 0.0322. The Morgan fingerprint density at radius 1 is 1.05 bits per heavy atom. The number of benzene rings is 1. The van der Waals surface area contributed by atoms with Gasteiger partial charge < -0.3 is 26.6 Å². The normalized spacial score (nSPS) is 18.8. The van der Waals surface area contributed by atoms with Crippen molar-refractivity contribution in [2.24, 2.45) is 16.9 Å². The van der Waals surface area contributed by atoms with E-state index in [0.717, 1.165) is 11.6 Å². The summed E-state index contributed by atoms with van der Waals surface area (Å²) in [4.78, 5) is 64.2. The first-order chi connectivity index (χ1) is 19.4. The van der Waals surface area contributed by atoms with Crippen molar-refractivity contribution in [1.82, 2.24) is 9.80 Å². The molecule has 11 nitrogen and oxygen atoms in total. The second-order valence-corrected chi connectivity index (χ2v) is 10.4. The first-order valence-corrected chi connectivity index (χ1v) is 13.7. The Morgan fingerprint density at radius 3 is 2.17 bits per heavy atom. The lowest BCUT2D eigenvalue weighted by Crippen LogP contribution is -2.55.